The summed E-state index contributed by atoms with van der Waals surface area (Å²) in [7, 11) is -4.37. The summed E-state index contributed by atoms with van der Waals surface area (Å²) in [4.78, 5) is 38.6. The highest BCUT2D eigenvalue weighted by atomic mass is 32.2. The van der Waals surface area contributed by atoms with Gasteiger partial charge in [-0.05, 0) is 49.3 Å². The maximum absolute atomic E-state index is 15.7. The van der Waals surface area contributed by atoms with Gasteiger partial charge in [-0.1, -0.05) is 32.8 Å². The first-order chi connectivity index (χ1) is 18.4. The molecule has 13 heteroatoms. The van der Waals surface area contributed by atoms with E-state index in [-0.39, 0.29) is 18.0 Å². The van der Waals surface area contributed by atoms with E-state index in [0.29, 0.717) is 22.2 Å². The third-order valence-corrected chi connectivity index (χ3v) is 8.53. The van der Waals surface area contributed by atoms with Gasteiger partial charge >= 0.3 is 22.3 Å². The number of rotatable bonds is 8. The number of carbonyl (C=O) groups is 3. The molecule has 0 bridgehead atoms. The summed E-state index contributed by atoms with van der Waals surface area (Å²) in [5.74, 6) is -2.81. The molecule has 214 valence electrons. The average molecular weight is 568 g/mol. The predicted molar refractivity (Wildman–Crippen MR) is 139 cm³/mol. The normalized spacial score (nSPS) is 21.7. The Balaban J connectivity index is 1.55. The van der Waals surface area contributed by atoms with Crippen LogP contribution in [0.3, 0.4) is 0 Å². The summed E-state index contributed by atoms with van der Waals surface area (Å²) in [6.07, 6.45) is 4.59. The molecule has 2 fully saturated rings. The smallest absolute Gasteiger partial charge is 0.413 e. The molecule has 1 aliphatic carbocycles. The molecule has 2 heterocycles. The molecule has 1 aromatic carbocycles. The first-order valence-corrected chi connectivity index (χ1v) is 14.5. The molecule has 4 rings (SSSR count). The van der Waals surface area contributed by atoms with Gasteiger partial charge in [-0.25, -0.2) is 18.2 Å². The second-order valence-electron chi connectivity index (χ2n) is 10.6. The number of esters is 1. The standard InChI is InChI=1S/C26H34FN3O8S/c1-15(2)8-9-19-12-18(13-29(19)26(34)38-16(3)37-25(33)17-6-4-5-7-17)20-10-11-21(31)24(23(20)27)30-14-22(32)28-39(30,35)36/h10-12,15-17,19,31H,4-9,13-14H2,1-3H3,(H,28,32)/t16-,19+/m1/s1. The zero-order valence-corrected chi connectivity index (χ0v) is 23.0. The Bertz CT molecular complexity index is 1280. The van der Waals surface area contributed by atoms with Crippen molar-refractivity contribution in [2.24, 2.45) is 11.8 Å². The summed E-state index contributed by atoms with van der Waals surface area (Å²) in [6, 6.07) is 1.97. The summed E-state index contributed by atoms with van der Waals surface area (Å²) >= 11 is 0. The third kappa shape index (κ3) is 6.29. The van der Waals surface area contributed by atoms with Gasteiger partial charge in [0, 0.05) is 12.5 Å². The molecule has 3 aliphatic rings. The Morgan fingerprint density at radius 2 is 1.85 bits per heavy atom. The van der Waals surface area contributed by atoms with Crippen LogP contribution in [0.5, 0.6) is 5.75 Å². The number of nitrogens with zero attached hydrogens (tertiary/aromatic N) is 2. The number of hydrogen-bond donors (Lipinski definition) is 2. The summed E-state index contributed by atoms with van der Waals surface area (Å²) in [5, 5.41) is 10.3. The van der Waals surface area contributed by atoms with Crippen LogP contribution in [0.1, 0.15) is 64.9 Å². The lowest BCUT2D eigenvalue weighted by molar-refractivity contribution is -0.170. The van der Waals surface area contributed by atoms with Crippen LogP contribution in [-0.4, -0.2) is 61.8 Å². The molecule has 0 aromatic heterocycles. The Labute approximate surface area is 227 Å². The van der Waals surface area contributed by atoms with Gasteiger partial charge in [0.1, 0.15) is 18.0 Å². The maximum Gasteiger partial charge on any atom is 0.413 e. The fourth-order valence-electron chi connectivity index (χ4n) is 5.13. The van der Waals surface area contributed by atoms with E-state index in [1.54, 1.807) is 10.8 Å². The minimum Gasteiger partial charge on any atom is -0.506 e. The molecule has 2 atom stereocenters. The van der Waals surface area contributed by atoms with E-state index in [2.05, 4.69) is 0 Å². The number of halogens is 1. The molecule has 11 nitrogen and oxygen atoms in total. The highest BCUT2D eigenvalue weighted by Crippen LogP contribution is 2.39. The first kappa shape index (κ1) is 28.7. The molecule has 0 spiro atoms. The minimum atomic E-state index is -4.37. The molecule has 2 N–H and O–H groups in total. The quantitative estimate of drug-likeness (QED) is 0.359. The zero-order chi connectivity index (χ0) is 28.5. The number of hydrogen-bond acceptors (Lipinski definition) is 8. The van der Waals surface area contributed by atoms with Crippen molar-refractivity contribution < 1.29 is 41.8 Å². The van der Waals surface area contributed by atoms with Crippen molar-refractivity contribution >= 4 is 39.4 Å². The molecule has 1 saturated carbocycles. The number of anilines is 1. The number of ether oxygens (including phenoxy) is 2. The molecular formula is C26H34FN3O8S. The molecule has 0 unspecified atom stereocenters. The summed E-state index contributed by atoms with van der Waals surface area (Å²) in [5.41, 5.74) is -0.298. The molecule has 0 radical (unpaired) electrons. The number of amides is 2. The van der Waals surface area contributed by atoms with E-state index in [1.807, 2.05) is 13.8 Å². The predicted octanol–water partition coefficient (Wildman–Crippen LogP) is 3.43. The number of aromatic hydroxyl groups is 1. The van der Waals surface area contributed by atoms with Crippen molar-refractivity contribution in [1.29, 1.82) is 0 Å². The molecule has 2 amide bonds. The van der Waals surface area contributed by atoms with Crippen LogP contribution in [0.4, 0.5) is 14.9 Å². The largest absolute Gasteiger partial charge is 0.506 e. The zero-order valence-electron chi connectivity index (χ0n) is 22.2. The lowest BCUT2D eigenvalue weighted by atomic mass is 10.0. The van der Waals surface area contributed by atoms with Gasteiger partial charge in [0.05, 0.1) is 18.5 Å². The Morgan fingerprint density at radius 1 is 1.15 bits per heavy atom. The van der Waals surface area contributed by atoms with Crippen molar-refractivity contribution in [2.75, 3.05) is 17.4 Å². The second kappa shape index (κ2) is 11.4. The molecular weight excluding hydrogens is 533 g/mol. The van der Waals surface area contributed by atoms with Crippen LogP contribution >= 0.6 is 0 Å². The van der Waals surface area contributed by atoms with Gasteiger partial charge < -0.3 is 14.6 Å². The number of nitrogens with one attached hydrogen (secondary N) is 1. The fourth-order valence-corrected chi connectivity index (χ4v) is 6.30. The van der Waals surface area contributed by atoms with Gasteiger partial charge in [-0.15, -0.1) is 0 Å². The lowest BCUT2D eigenvalue weighted by Gasteiger charge is -2.26. The van der Waals surface area contributed by atoms with Crippen LogP contribution in [0.25, 0.3) is 5.57 Å². The van der Waals surface area contributed by atoms with E-state index in [1.165, 1.54) is 17.9 Å². The van der Waals surface area contributed by atoms with Crippen molar-refractivity contribution in [3.8, 4) is 5.75 Å². The van der Waals surface area contributed by atoms with Crippen molar-refractivity contribution in [3.63, 3.8) is 0 Å². The van der Waals surface area contributed by atoms with Crippen LogP contribution in [-0.2, 0) is 29.3 Å². The van der Waals surface area contributed by atoms with E-state index in [9.17, 15) is 27.9 Å². The Kier molecular flexibility index (Phi) is 8.38. The Morgan fingerprint density at radius 3 is 2.46 bits per heavy atom. The number of phenols is 1. The summed E-state index contributed by atoms with van der Waals surface area (Å²) in [6.45, 7) is 4.79. The lowest BCUT2D eigenvalue weighted by Crippen LogP contribution is -2.39. The topological polar surface area (TPSA) is 143 Å². The van der Waals surface area contributed by atoms with E-state index < -0.39 is 64.3 Å². The highest BCUT2D eigenvalue weighted by molar-refractivity contribution is 7.92. The van der Waals surface area contributed by atoms with E-state index in [4.69, 9.17) is 9.47 Å². The van der Waals surface area contributed by atoms with Crippen molar-refractivity contribution in [1.82, 2.24) is 9.62 Å². The van der Waals surface area contributed by atoms with Crippen molar-refractivity contribution in [3.05, 3.63) is 29.6 Å². The maximum atomic E-state index is 15.7. The van der Waals surface area contributed by atoms with Gasteiger partial charge in [0.25, 0.3) is 5.91 Å². The number of benzene rings is 1. The molecule has 1 aromatic rings. The van der Waals surface area contributed by atoms with Gasteiger partial charge in [0.2, 0.25) is 6.29 Å². The molecule has 2 aliphatic heterocycles. The van der Waals surface area contributed by atoms with Crippen LogP contribution in [0.2, 0.25) is 0 Å². The van der Waals surface area contributed by atoms with Crippen LogP contribution in [0, 0.1) is 17.7 Å². The third-order valence-electron chi connectivity index (χ3n) is 7.16. The van der Waals surface area contributed by atoms with Gasteiger partial charge in [0.15, 0.2) is 5.82 Å². The monoisotopic (exact) mass is 567 g/mol. The molecule has 39 heavy (non-hydrogen) atoms. The van der Waals surface area contributed by atoms with Gasteiger partial charge in [-0.3, -0.25) is 14.5 Å². The van der Waals surface area contributed by atoms with Crippen molar-refractivity contribution in [2.45, 2.75) is 71.6 Å². The number of phenolic OH excluding ortho intramolecular Hbond substituents is 1. The molecule has 1 saturated heterocycles. The van der Waals surface area contributed by atoms with Crippen LogP contribution in [0.15, 0.2) is 18.2 Å². The number of carbonyl (C=O) groups excluding carboxylic acids is 3. The SMILES string of the molecule is CC(C)CC[C@H]1C=C(c2ccc(O)c(N3CC(=O)NS3(=O)=O)c2F)CN1C(=O)O[C@H](C)OC(=O)C1CCCC1. The van der Waals surface area contributed by atoms with Gasteiger partial charge in [-0.2, -0.15) is 8.42 Å². The summed E-state index contributed by atoms with van der Waals surface area (Å²) < 4.78 is 53.3. The van der Waals surface area contributed by atoms with E-state index in [0.717, 1.165) is 38.2 Å². The van der Waals surface area contributed by atoms with E-state index >= 15 is 4.39 Å². The second-order valence-corrected chi connectivity index (χ2v) is 12.2. The average Bonchev–Trinajstić information content (AvgIpc) is 3.57. The first-order valence-electron chi connectivity index (χ1n) is 13.1. The Hall–Kier alpha value is -3.35. The minimum absolute atomic E-state index is 0.0251. The highest BCUT2D eigenvalue weighted by Gasteiger charge is 2.39. The fraction of sp³-hybridized carbons (Fsp3) is 0.577. The van der Waals surface area contributed by atoms with Crippen LogP contribution < -0.4 is 9.03 Å².